The number of carbonyl (C=O) groups is 1. The molecule has 1 aliphatic rings. The van der Waals surface area contributed by atoms with E-state index in [2.05, 4.69) is 31.0 Å². The van der Waals surface area contributed by atoms with E-state index in [-0.39, 0.29) is 5.91 Å². The van der Waals surface area contributed by atoms with E-state index < -0.39 is 0 Å². The summed E-state index contributed by atoms with van der Waals surface area (Å²) in [6, 6.07) is 11.4. The third kappa shape index (κ3) is 3.67. The molecule has 1 aromatic carbocycles. The Morgan fingerprint density at radius 1 is 1.00 bits per heavy atom. The van der Waals surface area contributed by atoms with Gasteiger partial charge in [-0.3, -0.25) is 4.79 Å². The van der Waals surface area contributed by atoms with Crippen LogP contribution in [0.1, 0.15) is 10.4 Å². The van der Waals surface area contributed by atoms with Crippen LogP contribution >= 0.6 is 15.9 Å². The Bertz CT molecular complexity index is 694. The number of benzene rings is 1. The van der Waals surface area contributed by atoms with Gasteiger partial charge < -0.3 is 14.7 Å². The highest BCUT2D eigenvalue weighted by Gasteiger charge is 2.23. The van der Waals surface area contributed by atoms with Gasteiger partial charge in [-0.25, -0.2) is 0 Å². The number of nitrogens with zero attached hydrogens (tertiary/aromatic N) is 5. The standard InChI is InChI=1S/C17H20BrN5O/c1-21(2)15-7-8-16(20-19-15)22-9-11-23(12-10-22)17(24)13-3-5-14(18)6-4-13/h3-8H,9-12H2,1-2H3. The number of rotatable bonds is 3. The summed E-state index contributed by atoms with van der Waals surface area (Å²) in [6.45, 7) is 2.90. The molecule has 3 rings (SSSR count). The van der Waals surface area contributed by atoms with Crippen LogP contribution in [0.4, 0.5) is 11.6 Å². The molecule has 1 fully saturated rings. The topological polar surface area (TPSA) is 52.6 Å². The third-order valence-electron chi connectivity index (χ3n) is 4.08. The summed E-state index contributed by atoms with van der Waals surface area (Å²) in [5, 5.41) is 8.50. The van der Waals surface area contributed by atoms with E-state index in [1.807, 2.05) is 60.3 Å². The molecule has 0 N–H and O–H groups in total. The van der Waals surface area contributed by atoms with E-state index in [1.165, 1.54) is 0 Å². The summed E-state index contributed by atoms with van der Waals surface area (Å²) in [7, 11) is 3.88. The molecule has 1 aromatic heterocycles. The van der Waals surface area contributed by atoms with Crippen LogP contribution in [-0.4, -0.2) is 61.3 Å². The first kappa shape index (κ1) is 16.7. The minimum atomic E-state index is 0.0798. The van der Waals surface area contributed by atoms with Gasteiger partial charge in [0, 0.05) is 50.3 Å². The Morgan fingerprint density at radius 2 is 1.67 bits per heavy atom. The van der Waals surface area contributed by atoms with Crippen molar-refractivity contribution >= 4 is 33.5 Å². The van der Waals surface area contributed by atoms with E-state index >= 15 is 0 Å². The summed E-state index contributed by atoms with van der Waals surface area (Å²) >= 11 is 3.39. The van der Waals surface area contributed by atoms with Crippen LogP contribution in [0.5, 0.6) is 0 Å². The lowest BCUT2D eigenvalue weighted by Gasteiger charge is -2.35. The van der Waals surface area contributed by atoms with Crippen LogP contribution in [0.3, 0.4) is 0 Å². The molecule has 2 heterocycles. The summed E-state index contributed by atoms with van der Waals surface area (Å²) < 4.78 is 0.976. The van der Waals surface area contributed by atoms with Crippen molar-refractivity contribution in [1.29, 1.82) is 0 Å². The van der Waals surface area contributed by atoms with Gasteiger partial charge in [-0.05, 0) is 36.4 Å². The van der Waals surface area contributed by atoms with E-state index in [9.17, 15) is 4.79 Å². The molecule has 1 saturated heterocycles. The average Bonchev–Trinajstić information content (AvgIpc) is 2.62. The van der Waals surface area contributed by atoms with Gasteiger partial charge in [-0.2, -0.15) is 0 Å². The first-order valence-electron chi connectivity index (χ1n) is 7.85. The number of halogens is 1. The van der Waals surface area contributed by atoms with Crippen molar-refractivity contribution in [2.24, 2.45) is 0 Å². The molecule has 7 heteroatoms. The number of hydrogen-bond acceptors (Lipinski definition) is 5. The highest BCUT2D eigenvalue weighted by Crippen LogP contribution is 2.17. The number of carbonyl (C=O) groups excluding carboxylic acids is 1. The second-order valence-corrected chi connectivity index (χ2v) is 6.85. The highest BCUT2D eigenvalue weighted by molar-refractivity contribution is 9.10. The van der Waals surface area contributed by atoms with Crippen LogP contribution in [0.25, 0.3) is 0 Å². The van der Waals surface area contributed by atoms with Gasteiger partial charge in [0.15, 0.2) is 11.6 Å². The summed E-state index contributed by atoms with van der Waals surface area (Å²) in [5.74, 6) is 1.77. The Morgan fingerprint density at radius 3 is 2.21 bits per heavy atom. The van der Waals surface area contributed by atoms with Gasteiger partial charge in [-0.15, -0.1) is 10.2 Å². The molecule has 126 valence electrons. The lowest BCUT2D eigenvalue weighted by Crippen LogP contribution is -2.49. The molecule has 0 aliphatic carbocycles. The molecule has 0 saturated carbocycles. The predicted octanol–water partition coefficient (Wildman–Crippen LogP) is 2.27. The summed E-state index contributed by atoms with van der Waals surface area (Å²) in [4.78, 5) is 18.5. The molecule has 0 unspecified atom stereocenters. The van der Waals surface area contributed by atoms with Gasteiger partial charge in [-0.1, -0.05) is 15.9 Å². The fourth-order valence-corrected chi connectivity index (χ4v) is 2.90. The number of aromatic nitrogens is 2. The molecular formula is C17H20BrN5O. The van der Waals surface area contributed by atoms with Gasteiger partial charge in [0.05, 0.1) is 0 Å². The highest BCUT2D eigenvalue weighted by atomic mass is 79.9. The Kier molecular flexibility index (Phi) is 4.99. The van der Waals surface area contributed by atoms with Gasteiger partial charge in [0.1, 0.15) is 0 Å². The molecule has 0 bridgehead atoms. The van der Waals surface area contributed by atoms with Crippen LogP contribution in [0, 0.1) is 0 Å². The lowest BCUT2D eigenvalue weighted by atomic mass is 10.2. The molecule has 24 heavy (non-hydrogen) atoms. The molecule has 0 spiro atoms. The number of anilines is 2. The summed E-state index contributed by atoms with van der Waals surface area (Å²) in [5.41, 5.74) is 0.724. The SMILES string of the molecule is CN(C)c1ccc(N2CCN(C(=O)c3ccc(Br)cc3)CC2)nn1. The zero-order valence-corrected chi connectivity index (χ0v) is 15.4. The van der Waals surface area contributed by atoms with E-state index in [0.29, 0.717) is 13.1 Å². The molecule has 2 aromatic rings. The quantitative estimate of drug-likeness (QED) is 0.805. The second-order valence-electron chi connectivity index (χ2n) is 5.93. The van der Waals surface area contributed by atoms with Crippen molar-refractivity contribution in [2.45, 2.75) is 0 Å². The first-order valence-corrected chi connectivity index (χ1v) is 8.65. The normalized spacial score (nSPS) is 14.6. The Labute approximate surface area is 150 Å². The smallest absolute Gasteiger partial charge is 0.253 e. The van der Waals surface area contributed by atoms with Crippen LogP contribution in [0.15, 0.2) is 40.9 Å². The van der Waals surface area contributed by atoms with Crippen molar-refractivity contribution in [2.75, 3.05) is 50.1 Å². The summed E-state index contributed by atoms with van der Waals surface area (Å²) in [6.07, 6.45) is 0. The molecule has 0 radical (unpaired) electrons. The van der Waals surface area contributed by atoms with Crippen LogP contribution < -0.4 is 9.80 Å². The lowest BCUT2D eigenvalue weighted by molar-refractivity contribution is 0.0746. The zero-order valence-electron chi connectivity index (χ0n) is 13.8. The largest absolute Gasteiger partial charge is 0.361 e. The fourth-order valence-electron chi connectivity index (χ4n) is 2.64. The number of amides is 1. The van der Waals surface area contributed by atoms with Gasteiger partial charge in [0.25, 0.3) is 5.91 Å². The van der Waals surface area contributed by atoms with E-state index in [4.69, 9.17) is 0 Å². The Balaban J connectivity index is 1.61. The van der Waals surface area contributed by atoms with Gasteiger partial charge >= 0.3 is 0 Å². The maximum Gasteiger partial charge on any atom is 0.253 e. The number of piperazine rings is 1. The van der Waals surface area contributed by atoms with E-state index in [0.717, 1.165) is 34.8 Å². The van der Waals surface area contributed by atoms with Crippen LogP contribution in [0.2, 0.25) is 0 Å². The molecule has 1 amide bonds. The van der Waals surface area contributed by atoms with Crippen molar-refractivity contribution in [3.8, 4) is 0 Å². The number of hydrogen-bond donors (Lipinski definition) is 0. The average molecular weight is 390 g/mol. The van der Waals surface area contributed by atoms with Crippen molar-refractivity contribution in [3.63, 3.8) is 0 Å². The van der Waals surface area contributed by atoms with Crippen molar-refractivity contribution < 1.29 is 4.79 Å². The van der Waals surface area contributed by atoms with E-state index in [1.54, 1.807) is 0 Å². The first-order chi connectivity index (χ1) is 11.5. The molecule has 1 aliphatic heterocycles. The molecule has 6 nitrogen and oxygen atoms in total. The Hall–Kier alpha value is -2.15. The molecular weight excluding hydrogens is 370 g/mol. The third-order valence-corrected chi connectivity index (χ3v) is 4.61. The molecule has 0 atom stereocenters. The minimum Gasteiger partial charge on any atom is -0.361 e. The second kappa shape index (κ2) is 7.17. The van der Waals surface area contributed by atoms with Crippen molar-refractivity contribution in [1.82, 2.24) is 15.1 Å². The van der Waals surface area contributed by atoms with Gasteiger partial charge in [0.2, 0.25) is 0 Å². The monoisotopic (exact) mass is 389 g/mol. The maximum absolute atomic E-state index is 12.5. The van der Waals surface area contributed by atoms with Crippen LogP contribution in [-0.2, 0) is 0 Å². The fraction of sp³-hybridized carbons (Fsp3) is 0.353. The predicted molar refractivity (Wildman–Crippen MR) is 98.6 cm³/mol. The minimum absolute atomic E-state index is 0.0798. The maximum atomic E-state index is 12.5. The zero-order chi connectivity index (χ0) is 17.1. The van der Waals surface area contributed by atoms with Crippen molar-refractivity contribution in [3.05, 3.63) is 46.4 Å².